The Morgan fingerprint density at radius 2 is 1.97 bits per heavy atom. The lowest BCUT2D eigenvalue weighted by atomic mass is 10.1. The van der Waals surface area contributed by atoms with Crippen LogP contribution >= 0.6 is 23.1 Å². The minimum absolute atomic E-state index is 0.0376. The van der Waals surface area contributed by atoms with Crippen LogP contribution in [0.15, 0.2) is 68.5 Å². The summed E-state index contributed by atoms with van der Waals surface area (Å²) in [6.07, 6.45) is 3.56. The number of nitrogens with one attached hydrogen (secondary N) is 2. The molecule has 0 spiro atoms. The Morgan fingerprint density at radius 1 is 1.16 bits per heavy atom. The number of thioether (sulfide) groups is 1. The normalized spacial score (nSPS) is 13.2. The number of para-hydroxylation sites is 1. The minimum Gasteiger partial charge on any atom is -0.459 e. The van der Waals surface area contributed by atoms with Gasteiger partial charge in [-0.25, -0.2) is 4.98 Å². The number of thiophene rings is 1. The van der Waals surface area contributed by atoms with Crippen LogP contribution in [-0.2, 0) is 4.79 Å². The van der Waals surface area contributed by atoms with Crippen LogP contribution in [0.25, 0.3) is 15.9 Å². The van der Waals surface area contributed by atoms with E-state index in [1.165, 1.54) is 23.7 Å². The Bertz CT molecular complexity index is 1340. The monoisotopic (exact) mass is 466 g/mol. The van der Waals surface area contributed by atoms with Gasteiger partial charge < -0.3 is 4.42 Å². The molecule has 1 saturated carbocycles. The van der Waals surface area contributed by atoms with Crippen molar-refractivity contribution in [1.29, 1.82) is 0 Å². The molecule has 10 heteroatoms. The van der Waals surface area contributed by atoms with Gasteiger partial charge in [0.05, 0.1) is 23.1 Å². The van der Waals surface area contributed by atoms with Crippen LogP contribution in [0.2, 0.25) is 0 Å². The molecule has 2 amide bonds. The number of rotatable bonds is 6. The Morgan fingerprint density at radius 3 is 2.69 bits per heavy atom. The van der Waals surface area contributed by atoms with Crippen molar-refractivity contribution in [3.05, 3.63) is 75.8 Å². The lowest BCUT2D eigenvalue weighted by Gasteiger charge is -2.12. The molecule has 0 unspecified atom stereocenters. The van der Waals surface area contributed by atoms with E-state index in [4.69, 9.17) is 9.40 Å². The van der Waals surface area contributed by atoms with Crippen LogP contribution in [0.3, 0.4) is 0 Å². The molecule has 3 aromatic heterocycles. The third kappa shape index (κ3) is 4.06. The summed E-state index contributed by atoms with van der Waals surface area (Å²) in [5.41, 5.74) is 6.28. The second kappa shape index (κ2) is 8.64. The number of fused-ring (bicyclic) bond motifs is 1. The van der Waals surface area contributed by atoms with E-state index in [1.807, 2.05) is 35.7 Å². The number of amides is 2. The summed E-state index contributed by atoms with van der Waals surface area (Å²) >= 11 is 2.59. The van der Waals surface area contributed by atoms with Crippen LogP contribution in [0.5, 0.6) is 0 Å². The predicted octanol–water partition coefficient (Wildman–Crippen LogP) is 3.47. The number of carbonyl (C=O) groups excluding carboxylic acids is 2. The van der Waals surface area contributed by atoms with E-state index in [0.717, 1.165) is 30.2 Å². The average Bonchev–Trinajstić information content (AvgIpc) is 3.32. The molecule has 5 rings (SSSR count). The highest BCUT2D eigenvalue weighted by Gasteiger charge is 2.29. The molecule has 0 bridgehead atoms. The quantitative estimate of drug-likeness (QED) is 0.256. The highest BCUT2D eigenvalue weighted by molar-refractivity contribution is 7.99. The number of carbonyl (C=O) groups is 2. The van der Waals surface area contributed by atoms with Gasteiger partial charge in [-0.2, -0.15) is 0 Å². The van der Waals surface area contributed by atoms with Crippen molar-refractivity contribution in [2.45, 2.75) is 23.9 Å². The summed E-state index contributed by atoms with van der Waals surface area (Å²) in [5.74, 6) is -0.505. The van der Waals surface area contributed by atoms with E-state index in [0.29, 0.717) is 27.0 Å². The van der Waals surface area contributed by atoms with E-state index < -0.39 is 11.8 Å². The molecule has 2 N–H and O–H groups in total. The third-order valence-corrected chi connectivity index (χ3v) is 6.86. The van der Waals surface area contributed by atoms with E-state index in [9.17, 15) is 14.4 Å². The topological polar surface area (TPSA) is 106 Å². The zero-order valence-electron chi connectivity index (χ0n) is 16.7. The zero-order valence-corrected chi connectivity index (χ0v) is 18.4. The molecule has 0 radical (unpaired) electrons. The van der Waals surface area contributed by atoms with Crippen molar-refractivity contribution >= 4 is 45.1 Å². The number of hydrogen-bond donors (Lipinski definition) is 2. The number of hydrogen-bond acceptors (Lipinski definition) is 7. The van der Waals surface area contributed by atoms with Crippen molar-refractivity contribution in [3.8, 4) is 5.69 Å². The molecule has 1 aromatic carbocycles. The Labute approximate surface area is 190 Å². The van der Waals surface area contributed by atoms with Crippen molar-refractivity contribution in [2.24, 2.45) is 0 Å². The van der Waals surface area contributed by atoms with Crippen molar-refractivity contribution in [2.75, 3.05) is 5.75 Å². The van der Waals surface area contributed by atoms with Gasteiger partial charge >= 0.3 is 5.91 Å². The summed E-state index contributed by atoms with van der Waals surface area (Å²) in [7, 11) is 0. The van der Waals surface area contributed by atoms with Crippen molar-refractivity contribution in [1.82, 2.24) is 20.4 Å². The van der Waals surface area contributed by atoms with Crippen LogP contribution in [0.4, 0.5) is 0 Å². The van der Waals surface area contributed by atoms with Gasteiger partial charge in [-0.05, 0) is 54.0 Å². The van der Waals surface area contributed by atoms with E-state index >= 15 is 0 Å². The first-order chi connectivity index (χ1) is 15.6. The lowest BCUT2D eigenvalue weighted by Crippen LogP contribution is -2.42. The molecule has 1 aliphatic rings. The fourth-order valence-electron chi connectivity index (χ4n) is 3.35. The summed E-state index contributed by atoms with van der Waals surface area (Å²) in [6, 6.07) is 12.3. The second-order valence-corrected chi connectivity index (χ2v) is 9.08. The smallest absolute Gasteiger partial charge is 0.305 e. The molecule has 0 atom stereocenters. The van der Waals surface area contributed by atoms with Gasteiger partial charge in [-0.1, -0.05) is 30.0 Å². The lowest BCUT2D eigenvalue weighted by molar-refractivity contribution is -0.119. The largest absolute Gasteiger partial charge is 0.459 e. The van der Waals surface area contributed by atoms with Crippen molar-refractivity contribution < 1.29 is 14.0 Å². The van der Waals surface area contributed by atoms with E-state index in [-0.39, 0.29) is 17.1 Å². The first-order valence-electron chi connectivity index (χ1n) is 9.97. The molecule has 162 valence electrons. The maximum Gasteiger partial charge on any atom is 0.305 e. The van der Waals surface area contributed by atoms with Gasteiger partial charge in [-0.15, -0.1) is 11.3 Å². The summed E-state index contributed by atoms with van der Waals surface area (Å²) in [4.78, 5) is 43.1. The van der Waals surface area contributed by atoms with Crippen LogP contribution in [-0.4, -0.2) is 27.1 Å². The van der Waals surface area contributed by atoms with E-state index in [2.05, 4.69) is 10.9 Å². The number of nitrogens with zero attached hydrogens (tertiary/aromatic N) is 2. The van der Waals surface area contributed by atoms with Crippen LogP contribution < -0.4 is 16.4 Å². The highest BCUT2D eigenvalue weighted by atomic mass is 32.2. The summed E-state index contributed by atoms with van der Waals surface area (Å²) in [5, 5.41) is 3.11. The standard InChI is InChI=1S/C22H18N4O4S2/c27-17(24-25-19(28)16-7-4-10-30-16)12-32-22-23-20-18(15(11-31-20)13-8-9-13)21(29)26(22)14-5-2-1-3-6-14/h1-7,10-11,13H,8-9,12H2,(H,24,27)(H,25,28). The fourth-order valence-corrected chi connectivity index (χ4v) is 5.23. The molecule has 1 fully saturated rings. The summed E-state index contributed by atoms with van der Waals surface area (Å²) in [6.45, 7) is 0. The third-order valence-electron chi connectivity index (χ3n) is 5.03. The predicted molar refractivity (Wildman–Crippen MR) is 122 cm³/mol. The van der Waals surface area contributed by atoms with Gasteiger partial charge in [0.25, 0.3) is 5.56 Å². The Balaban J connectivity index is 1.40. The molecule has 8 nitrogen and oxygen atoms in total. The van der Waals surface area contributed by atoms with E-state index in [1.54, 1.807) is 10.6 Å². The first kappa shape index (κ1) is 20.5. The zero-order chi connectivity index (χ0) is 22.1. The number of benzene rings is 1. The number of hydrazine groups is 1. The maximum absolute atomic E-state index is 13.5. The van der Waals surface area contributed by atoms with Crippen LogP contribution in [0, 0.1) is 0 Å². The SMILES string of the molecule is O=C(CSc1nc2scc(C3CC3)c2c(=O)n1-c1ccccc1)NNC(=O)c1ccco1. The number of aromatic nitrogens is 2. The van der Waals surface area contributed by atoms with Gasteiger partial charge in [0.1, 0.15) is 4.83 Å². The molecule has 4 aromatic rings. The summed E-state index contributed by atoms with van der Waals surface area (Å²) < 4.78 is 6.54. The highest BCUT2D eigenvalue weighted by Crippen LogP contribution is 2.44. The molecule has 32 heavy (non-hydrogen) atoms. The average molecular weight is 467 g/mol. The van der Waals surface area contributed by atoms with Gasteiger partial charge in [-0.3, -0.25) is 29.8 Å². The first-order valence-corrected chi connectivity index (χ1v) is 11.8. The fraction of sp³-hybridized carbons (Fsp3) is 0.182. The molecule has 0 aliphatic heterocycles. The Kier molecular flexibility index (Phi) is 5.54. The Hall–Kier alpha value is -3.37. The number of furan rings is 1. The molecule has 3 heterocycles. The minimum atomic E-state index is -0.555. The van der Waals surface area contributed by atoms with Crippen molar-refractivity contribution in [3.63, 3.8) is 0 Å². The molecular formula is C22H18N4O4S2. The molecule has 0 saturated heterocycles. The van der Waals surface area contributed by atoms with Gasteiger partial charge in [0, 0.05) is 0 Å². The van der Waals surface area contributed by atoms with Gasteiger partial charge in [0.15, 0.2) is 10.9 Å². The van der Waals surface area contributed by atoms with Crippen LogP contribution in [0.1, 0.15) is 34.9 Å². The van der Waals surface area contributed by atoms with Gasteiger partial charge in [0.2, 0.25) is 5.91 Å². The molecule has 1 aliphatic carbocycles. The second-order valence-electron chi connectivity index (χ2n) is 7.28. The maximum atomic E-state index is 13.5. The molecular weight excluding hydrogens is 448 g/mol.